The molecule has 0 amide bonds. The molecule has 0 unspecified atom stereocenters. The first-order valence-electron chi connectivity index (χ1n) is 6.73. The zero-order valence-corrected chi connectivity index (χ0v) is 12.0. The molecule has 0 radical (unpaired) electrons. The van der Waals surface area contributed by atoms with Gasteiger partial charge in [0.1, 0.15) is 0 Å². The van der Waals surface area contributed by atoms with E-state index in [0.717, 1.165) is 29.1 Å². The summed E-state index contributed by atoms with van der Waals surface area (Å²) in [6, 6.07) is 5.74. The van der Waals surface area contributed by atoms with Gasteiger partial charge in [-0.3, -0.25) is 4.99 Å². The minimum absolute atomic E-state index is 0.265. The summed E-state index contributed by atoms with van der Waals surface area (Å²) in [6.45, 7) is 3.83. The van der Waals surface area contributed by atoms with Crippen LogP contribution in [0.5, 0.6) is 0 Å². The second kappa shape index (κ2) is 5.05. The summed E-state index contributed by atoms with van der Waals surface area (Å²) in [7, 11) is 0. The van der Waals surface area contributed by atoms with Crippen molar-refractivity contribution in [3.8, 4) is 0 Å². The predicted molar refractivity (Wildman–Crippen MR) is 80.8 cm³/mol. The smallest absolute Gasteiger partial charge is 0.359 e. The molecule has 6 heteroatoms. The van der Waals surface area contributed by atoms with Crippen molar-refractivity contribution in [3.63, 3.8) is 0 Å². The van der Waals surface area contributed by atoms with Crippen LogP contribution in [-0.4, -0.2) is 16.2 Å². The number of hydrogen-bond acceptors (Lipinski definition) is 1. The quantitative estimate of drug-likeness (QED) is 0.634. The number of benzene rings is 1. The van der Waals surface area contributed by atoms with Gasteiger partial charge in [-0.2, -0.15) is 13.2 Å². The lowest BCUT2D eigenvalue weighted by atomic mass is 10.1. The molecule has 114 valence electrons. The van der Waals surface area contributed by atoms with Crippen LogP contribution in [0.3, 0.4) is 0 Å². The van der Waals surface area contributed by atoms with Gasteiger partial charge in [-0.25, -0.2) is 0 Å². The first-order valence-corrected chi connectivity index (χ1v) is 6.73. The molecular weight excluding hydrogens is 291 g/mol. The van der Waals surface area contributed by atoms with Gasteiger partial charge in [-0.1, -0.05) is 0 Å². The van der Waals surface area contributed by atoms with E-state index in [1.165, 1.54) is 0 Å². The van der Waals surface area contributed by atoms with E-state index in [-0.39, 0.29) is 5.69 Å². The Morgan fingerprint density at radius 3 is 2.55 bits per heavy atom. The van der Waals surface area contributed by atoms with E-state index in [0.29, 0.717) is 10.9 Å². The zero-order chi connectivity index (χ0) is 15.9. The van der Waals surface area contributed by atoms with Crippen LogP contribution in [0.4, 0.5) is 18.9 Å². The summed E-state index contributed by atoms with van der Waals surface area (Å²) in [5.74, 6) is 0. The van der Waals surface area contributed by atoms with Crippen molar-refractivity contribution in [1.82, 2.24) is 9.97 Å². The van der Waals surface area contributed by atoms with Crippen molar-refractivity contribution >= 4 is 22.8 Å². The average Bonchev–Trinajstić information content (AvgIpc) is 3.01. The number of aryl methyl sites for hydroxylation is 2. The highest BCUT2D eigenvalue weighted by Gasteiger charge is 2.31. The normalized spacial score (nSPS) is 12.6. The van der Waals surface area contributed by atoms with Crippen molar-refractivity contribution in [3.05, 3.63) is 53.0 Å². The summed E-state index contributed by atoms with van der Waals surface area (Å²) in [4.78, 5) is 10.3. The molecule has 0 saturated heterocycles. The lowest BCUT2D eigenvalue weighted by Crippen LogP contribution is -2.04. The van der Waals surface area contributed by atoms with E-state index in [1.54, 1.807) is 18.5 Å². The number of aromatic amines is 2. The fraction of sp³-hybridized carbons (Fsp3) is 0.188. The van der Waals surface area contributed by atoms with Crippen LogP contribution in [0, 0.1) is 13.8 Å². The molecule has 0 atom stereocenters. The van der Waals surface area contributed by atoms with E-state index in [1.807, 2.05) is 19.9 Å². The fourth-order valence-electron chi connectivity index (χ4n) is 2.44. The Kier molecular flexibility index (Phi) is 3.31. The van der Waals surface area contributed by atoms with Crippen LogP contribution in [-0.2, 0) is 6.18 Å². The number of aliphatic imine (C=N–C) groups is 1. The Hall–Kier alpha value is -2.50. The first-order chi connectivity index (χ1) is 10.3. The number of H-pyrrole nitrogens is 2. The Bertz CT molecular complexity index is 853. The van der Waals surface area contributed by atoms with Gasteiger partial charge in [0.25, 0.3) is 0 Å². The number of aromatic nitrogens is 2. The van der Waals surface area contributed by atoms with Crippen molar-refractivity contribution in [2.75, 3.05) is 0 Å². The number of rotatable bonds is 2. The molecule has 2 heterocycles. The maximum absolute atomic E-state index is 13.0. The van der Waals surface area contributed by atoms with Gasteiger partial charge >= 0.3 is 6.18 Å². The predicted octanol–water partition coefficient (Wildman–Crippen LogP) is 4.88. The maximum atomic E-state index is 13.0. The van der Waals surface area contributed by atoms with Gasteiger partial charge < -0.3 is 9.97 Å². The molecule has 2 aromatic heterocycles. The van der Waals surface area contributed by atoms with E-state index in [9.17, 15) is 13.2 Å². The second-order valence-corrected chi connectivity index (χ2v) is 5.24. The molecule has 0 saturated carbocycles. The number of alkyl halides is 3. The summed E-state index contributed by atoms with van der Waals surface area (Å²) < 4.78 is 38.9. The topological polar surface area (TPSA) is 43.9 Å². The fourth-order valence-corrected chi connectivity index (χ4v) is 2.44. The van der Waals surface area contributed by atoms with Gasteiger partial charge in [0.05, 0.1) is 28.7 Å². The Morgan fingerprint density at radius 2 is 1.91 bits per heavy atom. The van der Waals surface area contributed by atoms with Crippen LogP contribution < -0.4 is 0 Å². The van der Waals surface area contributed by atoms with Crippen molar-refractivity contribution < 1.29 is 13.2 Å². The van der Waals surface area contributed by atoms with E-state index < -0.39 is 11.7 Å². The maximum Gasteiger partial charge on any atom is 0.416 e. The van der Waals surface area contributed by atoms with Gasteiger partial charge in [0.2, 0.25) is 0 Å². The molecule has 3 rings (SSSR count). The highest BCUT2D eigenvalue weighted by atomic mass is 19.4. The number of hydrogen-bond donors (Lipinski definition) is 2. The molecule has 0 bridgehead atoms. The first kappa shape index (κ1) is 14.4. The largest absolute Gasteiger partial charge is 0.416 e. The minimum Gasteiger partial charge on any atom is -0.359 e. The summed E-state index contributed by atoms with van der Waals surface area (Å²) in [6.07, 6.45) is -1.24. The second-order valence-electron chi connectivity index (χ2n) is 5.24. The van der Waals surface area contributed by atoms with E-state index in [2.05, 4.69) is 15.0 Å². The molecule has 0 aliphatic rings. The number of fused-ring (bicyclic) bond motifs is 1. The third-order valence-corrected chi connectivity index (χ3v) is 3.49. The molecule has 0 spiro atoms. The highest BCUT2D eigenvalue weighted by Crippen LogP contribution is 2.36. The summed E-state index contributed by atoms with van der Waals surface area (Å²) >= 11 is 0. The number of halogens is 3. The summed E-state index contributed by atoms with van der Waals surface area (Å²) in [5, 5.41) is 0.487. The highest BCUT2D eigenvalue weighted by molar-refractivity contribution is 5.93. The zero-order valence-electron chi connectivity index (χ0n) is 12.0. The third kappa shape index (κ3) is 2.64. The average molecular weight is 305 g/mol. The Balaban J connectivity index is 2.09. The molecule has 0 aliphatic heterocycles. The monoisotopic (exact) mass is 305 g/mol. The van der Waals surface area contributed by atoms with E-state index in [4.69, 9.17) is 0 Å². The molecule has 3 aromatic rings. The SMILES string of the molecule is Cc1cc(C)c(C=Nc2cc(C(F)(F)F)cc3cc[nH]c23)[nH]1. The van der Waals surface area contributed by atoms with Crippen molar-refractivity contribution in [1.29, 1.82) is 0 Å². The summed E-state index contributed by atoms with van der Waals surface area (Å²) in [5.41, 5.74) is 2.91. The lowest BCUT2D eigenvalue weighted by Gasteiger charge is -2.08. The molecule has 1 aromatic carbocycles. The van der Waals surface area contributed by atoms with Crippen molar-refractivity contribution in [2.24, 2.45) is 4.99 Å². The van der Waals surface area contributed by atoms with Gasteiger partial charge in [-0.15, -0.1) is 0 Å². The molecule has 3 nitrogen and oxygen atoms in total. The lowest BCUT2D eigenvalue weighted by molar-refractivity contribution is -0.137. The van der Waals surface area contributed by atoms with Crippen LogP contribution in [0.15, 0.2) is 35.5 Å². The van der Waals surface area contributed by atoms with Crippen LogP contribution in [0.1, 0.15) is 22.5 Å². The number of nitrogens with one attached hydrogen (secondary N) is 2. The molecule has 0 fully saturated rings. The minimum atomic E-state index is -4.39. The molecule has 22 heavy (non-hydrogen) atoms. The van der Waals surface area contributed by atoms with Gasteiger partial charge in [0.15, 0.2) is 0 Å². The molecule has 0 aliphatic carbocycles. The van der Waals surface area contributed by atoms with Gasteiger partial charge in [-0.05, 0) is 43.7 Å². The van der Waals surface area contributed by atoms with Crippen molar-refractivity contribution in [2.45, 2.75) is 20.0 Å². The standard InChI is InChI=1S/C16H14F3N3/c1-9-5-10(2)22-14(9)8-21-13-7-12(16(17,18)19)6-11-3-4-20-15(11)13/h3-8,20,22H,1-2H3. The number of nitrogens with zero attached hydrogens (tertiary/aromatic N) is 1. The van der Waals surface area contributed by atoms with E-state index >= 15 is 0 Å². The third-order valence-electron chi connectivity index (χ3n) is 3.49. The Labute approximate surface area is 124 Å². The Morgan fingerprint density at radius 1 is 1.14 bits per heavy atom. The van der Waals surface area contributed by atoms with Gasteiger partial charge in [0, 0.05) is 17.3 Å². The van der Waals surface area contributed by atoms with Crippen LogP contribution >= 0.6 is 0 Å². The van der Waals surface area contributed by atoms with Crippen LogP contribution in [0.2, 0.25) is 0 Å². The molecular formula is C16H14F3N3. The molecule has 2 N–H and O–H groups in total. The van der Waals surface area contributed by atoms with Crippen LogP contribution in [0.25, 0.3) is 10.9 Å².